The van der Waals surface area contributed by atoms with Crippen molar-refractivity contribution in [3.05, 3.63) is 23.8 Å². The molecule has 0 aromatic carbocycles. The molecule has 0 aromatic heterocycles. The summed E-state index contributed by atoms with van der Waals surface area (Å²) in [5.74, 6) is -0.770. The van der Waals surface area contributed by atoms with Crippen molar-refractivity contribution in [2.24, 2.45) is 11.8 Å². The van der Waals surface area contributed by atoms with Crippen LogP contribution in [0.3, 0.4) is 0 Å². The van der Waals surface area contributed by atoms with Crippen LogP contribution in [0.4, 0.5) is 0 Å². The van der Waals surface area contributed by atoms with Gasteiger partial charge in [-0.3, -0.25) is 9.59 Å². The molecule has 40 heavy (non-hydrogen) atoms. The monoisotopic (exact) mass is 561 g/mol. The van der Waals surface area contributed by atoms with Gasteiger partial charge in [-0.15, -0.1) is 0 Å². The molecule has 3 heterocycles. The fraction of sp³-hybridized carbons (Fsp3) is 0.781. The van der Waals surface area contributed by atoms with Gasteiger partial charge >= 0.3 is 5.97 Å². The maximum absolute atomic E-state index is 13.5. The highest BCUT2D eigenvalue weighted by atomic mass is 16.6. The van der Waals surface area contributed by atoms with E-state index in [1.165, 1.54) is 6.08 Å². The summed E-state index contributed by atoms with van der Waals surface area (Å²) in [5.41, 5.74) is -0.466. The third-order valence-electron chi connectivity index (χ3n) is 9.12. The minimum Gasteiger partial charge on any atom is -0.455 e. The number of ketones is 1. The predicted molar refractivity (Wildman–Crippen MR) is 153 cm³/mol. The quantitative estimate of drug-likeness (QED) is 0.480. The molecule has 2 bridgehead atoms. The van der Waals surface area contributed by atoms with Crippen LogP contribution >= 0.6 is 0 Å². The number of allylic oxidation sites excluding steroid dienone is 3. The first-order chi connectivity index (χ1) is 18.9. The zero-order chi connectivity index (χ0) is 29.4. The Morgan fingerprint density at radius 2 is 1.82 bits per heavy atom. The second-order valence-electron chi connectivity index (χ2n) is 12.5. The van der Waals surface area contributed by atoms with Gasteiger partial charge in [-0.05, 0) is 95.6 Å². The van der Waals surface area contributed by atoms with Crippen molar-refractivity contribution in [1.29, 1.82) is 0 Å². The van der Waals surface area contributed by atoms with Gasteiger partial charge in [0.05, 0.1) is 24.4 Å². The zero-order valence-electron chi connectivity index (χ0n) is 25.1. The summed E-state index contributed by atoms with van der Waals surface area (Å²) in [6.07, 6.45) is 10.4. The van der Waals surface area contributed by atoms with Crippen molar-refractivity contribution in [3.8, 4) is 0 Å². The normalized spacial score (nSPS) is 37.1. The highest BCUT2D eigenvalue weighted by Crippen LogP contribution is 2.36. The Labute approximate surface area is 240 Å². The van der Waals surface area contributed by atoms with Crippen molar-refractivity contribution in [1.82, 2.24) is 4.90 Å². The van der Waals surface area contributed by atoms with Gasteiger partial charge in [-0.1, -0.05) is 32.9 Å². The first kappa shape index (κ1) is 32.5. The van der Waals surface area contributed by atoms with E-state index in [9.17, 15) is 24.6 Å². The molecule has 8 heteroatoms. The molecular weight excluding hydrogens is 510 g/mol. The summed E-state index contributed by atoms with van der Waals surface area (Å²) in [6, 6.07) is -0.718. The standard InChI is InChI=1S/C32H51NO7/c1-6-24(34)19-28(35)32(5)20-23(4)27-17-16-25(39-27)13-9-12-22(3)30(37)21(2)11-7-8-15-29(36)33-18-10-14-26(33)31(38)40-32/h8,12,15,21,23-28,34-35H,6-7,9-11,13-14,16-20H2,1-5H3/b15-8+,22-12-/t21?,23?,24?,25?,26-,27?,28?,32?/m0/s1. The van der Waals surface area contributed by atoms with Gasteiger partial charge in [-0.25, -0.2) is 4.79 Å². The molecule has 0 aromatic rings. The van der Waals surface area contributed by atoms with Gasteiger partial charge in [0.1, 0.15) is 11.6 Å². The van der Waals surface area contributed by atoms with Crippen LogP contribution in [0, 0.1) is 11.8 Å². The topological polar surface area (TPSA) is 113 Å². The Bertz CT molecular complexity index is 946. The predicted octanol–water partition coefficient (Wildman–Crippen LogP) is 4.66. The molecule has 3 aliphatic heterocycles. The van der Waals surface area contributed by atoms with Gasteiger partial charge in [0.25, 0.3) is 0 Å². The van der Waals surface area contributed by atoms with E-state index in [2.05, 4.69) is 6.92 Å². The number of aliphatic hydroxyl groups is 2. The van der Waals surface area contributed by atoms with Crippen LogP contribution in [0.15, 0.2) is 23.8 Å². The van der Waals surface area contributed by atoms with Gasteiger partial charge in [0.15, 0.2) is 5.78 Å². The molecule has 7 unspecified atom stereocenters. The lowest BCUT2D eigenvalue weighted by molar-refractivity contribution is -0.184. The van der Waals surface area contributed by atoms with E-state index in [4.69, 9.17) is 9.47 Å². The Morgan fingerprint density at radius 1 is 1.07 bits per heavy atom. The molecule has 1 amide bonds. The second-order valence-corrected chi connectivity index (χ2v) is 12.5. The lowest BCUT2D eigenvalue weighted by atomic mass is 9.82. The van der Waals surface area contributed by atoms with Gasteiger partial charge < -0.3 is 24.6 Å². The maximum atomic E-state index is 13.5. The fourth-order valence-corrected chi connectivity index (χ4v) is 6.36. The number of hydrogen-bond acceptors (Lipinski definition) is 7. The number of rotatable bonds is 4. The minimum absolute atomic E-state index is 0.00530. The summed E-state index contributed by atoms with van der Waals surface area (Å²) >= 11 is 0. The molecule has 2 fully saturated rings. The molecule has 3 rings (SSSR count). The lowest BCUT2D eigenvalue weighted by Gasteiger charge is -2.39. The van der Waals surface area contributed by atoms with Crippen LogP contribution in [0.1, 0.15) is 105 Å². The number of carbonyl (C=O) groups is 3. The number of cyclic esters (lactones) is 1. The number of hydrogen-bond donors (Lipinski definition) is 2. The molecule has 0 aliphatic carbocycles. The summed E-state index contributed by atoms with van der Waals surface area (Å²) in [4.78, 5) is 40.9. The molecule has 2 saturated heterocycles. The molecule has 0 saturated carbocycles. The lowest BCUT2D eigenvalue weighted by Crippen LogP contribution is -2.51. The molecular formula is C32H51NO7. The van der Waals surface area contributed by atoms with Crippen molar-refractivity contribution in [2.45, 2.75) is 141 Å². The number of amides is 1. The Balaban J connectivity index is 1.85. The highest BCUT2D eigenvalue weighted by Gasteiger charge is 2.45. The summed E-state index contributed by atoms with van der Waals surface area (Å²) in [5, 5.41) is 21.5. The number of fused-ring (bicyclic) bond motifs is 3. The smallest absolute Gasteiger partial charge is 0.329 e. The molecule has 0 spiro atoms. The van der Waals surface area contributed by atoms with Crippen LogP contribution in [0.25, 0.3) is 0 Å². The van der Waals surface area contributed by atoms with Crippen LogP contribution in [-0.2, 0) is 23.9 Å². The van der Waals surface area contributed by atoms with E-state index in [-0.39, 0.29) is 42.2 Å². The van der Waals surface area contributed by atoms with Crippen LogP contribution in [-0.4, -0.2) is 75.4 Å². The minimum atomic E-state index is -1.24. The van der Waals surface area contributed by atoms with E-state index in [1.807, 2.05) is 26.8 Å². The maximum Gasteiger partial charge on any atom is 0.329 e. The average molecular weight is 562 g/mol. The first-order valence-electron chi connectivity index (χ1n) is 15.4. The van der Waals surface area contributed by atoms with E-state index in [1.54, 1.807) is 17.9 Å². The second kappa shape index (κ2) is 14.7. The highest BCUT2D eigenvalue weighted by molar-refractivity contribution is 5.96. The van der Waals surface area contributed by atoms with Gasteiger partial charge in [-0.2, -0.15) is 0 Å². The number of aliphatic hydroxyl groups excluding tert-OH is 2. The van der Waals surface area contributed by atoms with Gasteiger partial charge in [0, 0.05) is 18.9 Å². The Hall–Kier alpha value is -2.03. The number of esters is 1. The van der Waals surface area contributed by atoms with E-state index in [0.29, 0.717) is 45.1 Å². The van der Waals surface area contributed by atoms with E-state index >= 15 is 0 Å². The summed E-state index contributed by atoms with van der Waals surface area (Å²) < 4.78 is 12.5. The van der Waals surface area contributed by atoms with Crippen molar-refractivity contribution >= 4 is 17.7 Å². The number of nitrogens with zero attached hydrogens (tertiary/aromatic N) is 1. The van der Waals surface area contributed by atoms with Crippen LogP contribution in [0.5, 0.6) is 0 Å². The number of Topliss-reactive ketones (excluding diaryl/α,β-unsaturated/α-hetero) is 1. The van der Waals surface area contributed by atoms with Crippen molar-refractivity contribution in [2.75, 3.05) is 6.54 Å². The molecule has 8 atom stereocenters. The number of ether oxygens (including phenoxy) is 2. The third-order valence-corrected chi connectivity index (χ3v) is 9.12. The average Bonchev–Trinajstić information content (AvgIpc) is 3.60. The molecule has 226 valence electrons. The van der Waals surface area contributed by atoms with Crippen molar-refractivity contribution in [3.63, 3.8) is 0 Å². The Kier molecular flexibility index (Phi) is 12.0. The Morgan fingerprint density at radius 3 is 2.55 bits per heavy atom. The molecule has 3 aliphatic rings. The van der Waals surface area contributed by atoms with Crippen LogP contribution < -0.4 is 0 Å². The van der Waals surface area contributed by atoms with E-state index < -0.39 is 29.8 Å². The first-order valence-corrected chi connectivity index (χ1v) is 15.4. The molecule has 0 radical (unpaired) electrons. The SMILES string of the molecule is CCC(O)CC(O)C1(C)CC(C)C2CCC(CC/C=C(/C)C(=O)C(C)CC/C=C/C(=O)N3CCC[C@H]3C(=O)O1)O2. The fourth-order valence-electron chi connectivity index (χ4n) is 6.36. The largest absolute Gasteiger partial charge is 0.455 e. The molecule has 8 nitrogen and oxygen atoms in total. The summed E-state index contributed by atoms with van der Waals surface area (Å²) in [6.45, 7) is 9.90. The summed E-state index contributed by atoms with van der Waals surface area (Å²) in [7, 11) is 0. The van der Waals surface area contributed by atoms with E-state index in [0.717, 1.165) is 31.3 Å². The van der Waals surface area contributed by atoms with Crippen LogP contribution in [0.2, 0.25) is 0 Å². The third kappa shape index (κ3) is 8.49. The van der Waals surface area contributed by atoms with Gasteiger partial charge in [0.2, 0.25) is 5.91 Å². The number of carbonyl (C=O) groups excluding carboxylic acids is 3. The molecule has 2 N–H and O–H groups in total. The zero-order valence-corrected chi connectivity index (χ0v) is 25.1. The van der Waals surface area contributed by atoms with Crippen molar-refractivity contribution < 1.29 is 34.1 Å².